The molecule has 0 N–H and O–H groups in total. The molecule has 1 saturated heterocycles. The van der Waals surface area contributed by atoms with Crippen molar-refractivity contribution in [1.29, 1.82) is 10.5 Å². The molecule has 0 spiro atoms. The van der Waals surface area contributed by atoms with E-state index in [0.29, 0.717) is 19.4 Å². The highest BCUT2D eigenvalue weighted by molar-refractivity contribution is 5.96. The second-order valence-electron chi connectivity index (χ2n) is 5.00. The molecule has 2 rings (SSSR count). The summed E-state index contributed by atoms with van der Waals surface area (Å²) in [4.78, 5) is 25.1. The number of nitriles is 2. The van der Waals surface area contributed by atoms with Crippen LogP contribution in [-0.4, -0.2) is 23.3 Å². The van der Waals surface area contributed by atoms with Gasteiger partial charge >= 0.3 is 0 Å². The maximum atomic E-state index is 12.3. The minimum Gasteiger partial charge on any atom is -0.283 e. The van der Waals surface area contributed by atoms with Gasteiger partial charge in [-0.15, -0.1) is 0 Å². The molecule has 0 bridgehead atoms. The van der Waals surface area contributed by atoms with Gasteiger partial charge in [0.05, 0.1) is 12.1 Å². The molecule has 1 aliphatic rings. The number of nitrogens with zero attached hydrogens (tertiary/aromatic N) is 3. The molecule has 5 nitrogen and oxygen atoms in total. The topological polar surface area (TPSA) is 85.0 Å². The lowest BCUT2D eigenvalue weighted by atomic mass is 9.85. The molecule has 1 aromatic carbocycles. The van der Waals surface area contributed by atoms with E-state index in [4.69, 9.17) is 10.5 Å². The number of benzene rings is 1. The highest BCUT2D eigenvalue weighted by Gasteiger charge is 2.31. The zero-order valence-electron chi connectivity index (χ0n) is 11.5. The van der Waals surface area contributed by atoms with Gasteiger partial charge in [-0.2, -0.15) is 10.5 Å². The first-order chi connectivity index (χ1) is 10.2. The van der Waals surface area contributed by atoms with Crippen LogP contribution in [0.1, 0.15) is 30.7 Å². The molecule has 2 amide bonds. The Balaban J connectivity index is 2.21. The SMILES string of the molecule is N#CC(C#N)[C@H](CC(=O)N1CCCC1=O)c1ccccc1. The number of carbonyl (C=O) groups is 2. The van der Waals surface area contributed by atoms with Gasteiger partial charge in [0.1, 0.15) is 5.92 Å². The Kier molecular flexibility index (Phi) is 4.68. The maximum absolute atomic E-state index is 12.3. The van der Waals surface area contributed by atoms with Crippen LogP contribution in [0.2, 0.25) is 0 Å². The highest BCUT2D eigenvalue weighted by Crippen LogP contribution is 2.29. The Morgan fingerprint density at radius 1 is 1.24 bits per heavy atom. The molecule has 1 heterocycles. The van der Waals surface area contributed by atoms with E-state index in [1.54, 1.807) is 24.3 Å². The summed E-state index contributed by atoms with van der Waals surface area (Å²) < 4.78 is 0. The van der Waals surface area contributed by atoms with E-state index >= 15 is 0 Å². The summed E-state index contributed by atoms with van der Waals surface area (Å²) in [6.07, 6.45) is 1.07. The maximum Gasteiger partial charge on any atom is 0.229 e. The highest BCUT2D eigenvalue weighted by atomic mass is 16.2. The van der Waals surface area contributed by atoms with Crippen LogP contribution in [-0.2, 0) is 9.59 Å². The van der Waals surface area contributed by atoms with Crippen molar-refractivity contribution in [3.8, 4) is 12.1 Å². The number of imide groups is 1. The third-order valence-corrected chi connectivity index (χ3v) is 3.68. The Bertz CT molecular complexity index is 599. The van der Waals surface area contributed by atoms with Crippen molar-refractivity contribution in [2.45, 2.75) is 25.2 Å². The predicted molar refractivity (Wildman–Crippen MR) is 74.5 cm³/mol. The van der Waals surface area contributed by atoms with Crippen LogP contribution in [0.5, 0.6) is 0 Å². The number of rotatable bonds is 4. The van der Waals surface area contributed by atoms with Crippen molar-refractivity contribution in [2.24, 2.45) is 5.92 Å². The number of likely N-dealkylation sites (tertiary alicyclic amines) is 1. The molecular weight excluding hydrogens is 266 g/mol. The second-order valence-corrected chi connectivity index (χ2v) is 5.00. The van der Waals surface area contributed by atoms with Crippen LogP contribution in [0.25, 0.3) is 0 Å². The smallest absolute Gasteiger partial charge is 0.229 e. The van der Waals surface area contributed by atoms with Crippen molar-refractivity contribution >= 4 is 11.8 Å². The fourth-order valence-corrected chi connectivity index (χ4v) is 2.55. The first kappa shape index (κ1) is 14.7. The van der Waals surface area contributed by atoms with E-state index in [1.807, 2.05) is 18.2 Å². The lowest BCUT2D eigenvalue weighted by molar-refractivity contribution is -0.142. The first-order valence-electron chi connectivity index (χ1n) is 6.84. The van der Waals surface area contributed by atoms with Gasteiger partial charge in [-0.1, -0.05) is 30.3 Å². The quantitative estimate of drug-likeness (QED) is 0.844. The van der Waals surface area contributed by atoms with Crippen LogP contribution >= 0.6 is 0 Å². The Morgan fingerprint density at radius 2 is 1.90 bits per heavy atom. The third kappa shape index (κ3) is 3.27. The molecule has 1 aromatic rings. The molecule has 1 aliphatic heterocycles. The molecule has 106 valence electrons. The summed E-state index contributed by atoms with van der Waals surface area (Å²) in [5.74, 6) is -1.89. The van der Waals surface area contributed by atoms with Crippen LogP contribution in [0, 0.1) is 28.6 Å². The molecule has 1 atom stereocenters. The van der Waals surface area contributed by atoms with Crippen molar-refractivity contribution in [1.82, 2.24) is 4.90 Å². The first-order valence-corrected chi connectivity index (χ1v) is 6.84. The standard InChI is InChI=1S/C16H15N3O2/c17-10-13(11-18)14(12-5-2-1-3-6-12)9-16(21)19-8-4-7-15(19)20/h1-3,5-6,13-14H,4,7-9H2/t14-/m1/s1. The molecule has 0 unspecified atom stereocenters. The molecule has 0 aliphatic carbocycles. The number of carbonyl (C=O) groups excluding carboxylic acids is 2. The normalized spacial score (nSPS) is 15.6. The van der Waals surface area contributed by atoms with E-state index in [9.17, 15) is 9.59 Å². The summed E-state index contributed by atoms with van der Waals surface area (Å²) in [6, 6.07) is 12.9. The van der Waals surface area contributed by atoms with Gasteiger partial charge in [0.2, 0.25) is 11.8 Å². The summed E-state index contributed by atoms with van der Waals surface area (Å²) >= 11 is 0. The predicted octanol–water partition coefficient (Wildman–Crippen LogP) is 1.97. The Morgan fingerprint density at radius 3 is 2.43 bits per heavy atom. The van der Waals surface area contributed by atoms with E-state index in [-0.39, 0.29) is 18.2 Å². The van der Waals surface area contributed by atoms with Crippen molar-refractivity contribution in [3.05, 3.63) is 35.9 Å². The third-order valence-electron chi connectivity index (χ3n) is 3.68. The second kappa shape index (κ2) is 6.67. The minimum absolute atomic E-state index is 0.00153. The fourth-order valence-electron chi connectivity index (χ4n) is 2.55. The van der Waals surface area contributed by atoms with Gasteiger partial charge in [0.25, 0.3) is 0 Å². The lowest BCUT2D eigenvalue weighted by Crippen LogP contribution is -2.33. The summed E-state index contributed by atoms with van der Waals surface area (Å²) in [7, 11) is 0. The van der Waals surface area contributed by atoms with Gasteiger partial charge < -0.3 is 0 Å². The van der Waals surface area contributed by atoms with Gasteiger partial charge in [0, 0.05) is 25.3 Å². The van der Waals surface area contributed by atoms with Crippen LogP contribution in [0.3, 0.4) is 0 Å². The van der Waals surface area contributed by atoms with E-state index in [1.165, 1.54) is 4.90 Å². The Labute approximate surface area is 123 Å². The zero-order chi connectivity index (χ0) is 15.2. The zero-order valence-corrected chi connectivity index (χ0v) is 11.5. The molecule has 0 aromatic heterocycles. The van der Waals surface area contributed by atoms with Crippen LogP contribution in [0.4, 0.5) is 0 Å². The molecular formula is C16H15N3O2. The number of hydrogen-bond acceptors (Lipinski definition) is 4. The monoisotopic (exact) mass is 281 g/mol. The summed E-state index contributed by atoms with van der Waals surface area (Å²) in [5, 5.41) is 18.2. The van der Waals surface area contributed by atoms with Gasteiger partial charge in [-0.05, 0) is 12.0 Å². The molecule has 1 fully saturated rings. The molecule has 5 heteroatoms. The van der Waals surface area contributed by atoms with Gasteiger partial charge in [0.15, 0.2) is 0 Å². The summed E-state index contributed by atoms with van der Waals surface area (Å²) in [6.45, 7) is 0.433. The van der Waals surface area contributed by atoms with E-state index in [2.05, 4.69) is 0 Å². The van der Waals surface area contributed by atoms with Gasteiger partial charge in [-0.25, -0.2) is 0 Å². The minimum atomic E-state index is -0.908. The van der Waals surface area contributed by atoms with Crippen LogP contribution < -0.4 is 0 Å². The average molecular weight is 281 g/mol. The Hall–Kier alpha value is -2.66. The average Bonchev–Trinajstić information content (AvgIpc) is 2.94. The molecule has 0 saturated carbocycles. The fraction of sp³-hybridized carbons (Fsp3) is 0.375. The lowest BCUT2D eigenvalue weighted by Gasteiger charge is -2.20. The van der Waals surface area contributed by atoms with Crippen molar-refractivity contribution in [2.75, 3.05) is 6.54 Å². The van der Waals surface area contributed by atoms with E-state index < -0.39 is 11.8 Å². The van der Waals surface area contributed by atoms with Crippen molar-refractivity contribution in [3.63, 3.8) is 0 Å². The van der Waals surface area contributed by atoms with Gasteiger partial charge in [-0.3, -0.25) is 14.5 Å². The largest absolute Gasteiger partial charge is 0.283 e. The molecule has 0 radical (unpaired) electrons. The van der Waals surface area contributed by atoms with Crippen molar-refractivity contribution < 1.29 is 9.59 Å². The summed E-state index contributed by atoms with van der Waals surface area (Å²) in [5.41, 5.74) is 0.769. The van der Waals surface area contributed by atoms with E-state index in [0.717, 1.165) is 5.56 Å². The van der Waals surface area contributed by atoms with Crippen LogP contribution in [0.15, 0.2) is 30.3 Å². The number of hydrogen-bond donors (Lipinski definition) is 0. The number of amides is 2. The molecule has 21 heavy (non-hydrogen) atoms.